The fourth-order valence-corrected chi connectivity index (χ4v) is 5.99. The Hall–Kier alpha value is -2.99. The molecule has 1 fully saturated rings. The van der Waals surface area contributed by atoms with Crippen LogP contribution in [0.15, 0.2) is 30.5 Å². The molecule has 1 aliphatic rings. The summed E-state index contributed by atoms with van der Waals surface area (Å²) in [5.74, 6) is -5.18. The Morgan fingerprint density at radius 1 is 1.11 bits per heavy atom. The lowest BCUT2D eigenvalue weighted by Crippen LogP contribution is -2.36. The number of anilines is 2. The van der Waals surface area contributed by atoms with E-state index in [9.17, 15) is 21.6 Å². The second-order valence-corrected chi connectivity index (χ2v) is 11.9. The lowest BCUT2D eigenvalue weighted by Gasteiger charge is -2.32. The predicted molar refractivity (Wildman–Crippen MR) is 143 cm³/mol. The zero-order valence-corrected chi connectivity index (χ0v) is 22.7. The Bertz CT molecular complexity index is 1410. The fourth-order valence-electron chi connectivity index (χ4n) is 4.66. The van der Waals surface area contributed by atoms with Crippen LogP contribution in [0.5, 0.6) is 0 Å². The number of benzene rings is 1. The maximum Gasteiger partial charge on any atom is 0.263 e. The number of nitrogens with one attached hydrogen (secondary N) is 2. The summed E-state index contributed by atoms with van der Waals surface area (Å²) in [7, 11) is -0.225. The molecule has 8 nitrogen and oxygen atoms in total. The molecule has 1 saturated carbocycles. The molecule has 0 unspecified atom stereocenters. The number of hydrogen-bond donors (Lipinski definition) is 2. The summed E-state index contributed by atoms with van der Waals surface area (Å²) in [6, 6.07) is 6.46. The van der Waals surface area contributed by atoms with Gasteiger partial charge in [-0.1, -0.05) is 13.0 Å². The molecule has 12 heteroatoms. The number of pyridine rings is 1. The molecule has 0 atom stereocenters. The summed E-state index contributed by atoms with van der Waals surface area (Å²) in [6.45, 7) is 3.06. The third-order valence-corrected chi connectivity index (χ3v) is 8.28. The van der Waals surface area contributed by atoms with E-state index in [1.807, 2.05) is 11.6 Å². The van der Waals surface area contributed by atoms with E-state index in [0.717, 1.165) is 37.3 Å². The van der Waals surface area contributed by atoms with Gasteiger partial charge in [0.2, 0.25) is 16.0 Å². The number of fused-ring (bicyclic) bond motifs is 1. The third kappa shape index (κ3) is 6.71. The first-order valence-corrected chi connectivity index (χ1v) is 14.3. The molecule has 0 spiro atoms. The van der Waals surface area contributed by atoms with Gasteiger partial charge in [-0.25, -0.2) is 36.5 Å². The van der Waals surface area contributed by atoms with Gasteiger partial charge in [-0.3, -0.25) is 4.72 Å². The van der Waals surface area contributed by atoms with Gasteiger partial charge in [0.15, 0.2) is 0 Å². The quantitative estimate of drug-likeness (QED) is 0.377. The van der Waals surface area contributed by atoms with Gasteiger partial charge < -0.3 is 10.2 Å². The van der Waals surface area contributed by atoms with Gasteiger partial charge in [0.05, 0.1) is 23.1 Å². The first-order chi connectivity index (χ1) is 17.9. The first kappa shape index (κ1) is 28.0. The SMILES string of the molecule is CCC(F)(F)CS(=O)(=O)Nc1ccc(-c2cc(C)c3nc(N[C@H]4CC[C@H](N(C)C)CC4)ncc3n2)cc1F. The standard InChI is InChI=1S/C26H33F3N6O2S/c1-5-26(28,29)15-38(36,37)34-21-11-6-17(13-20(21)27)22-12-16(2)24-23(32-22)14-30-25(33-24)31-18-7-9-19(10-8-18)35(3)4/h6,11-14,18-19,34H,5,7-10,15H2,1-4H3,(H,30,31,33)/t18-,19-. The van der Waals surface area contributed by atoms with Crippen LogP contribution in [-0.4, -0.2) is 66.1 Å². The van der Waals surface area contributed by atoms with Crippen LogP contribution in [0, 0.1) is 12.7 Å². The maximum atomic E-state index is 14.8. The molecule has 38 heavy (non-hydrogen) atoms. The minimum Gasteiger partial charge on any atom is -0.351 e. The third-order valence-electron chi connectivity index (χ3n) is 6.95. The molecule has 0 aliphatic heterocycles. The Balaban J connectivity index is 1.50. The van der Waals surface area contributed by atoms with E-state index in [1.54, 1.807) is 12.3 Å². The highest BCUT2D eigenvalue weighted by Gasteiger charge is 2.34. The summed E-state index contributed by atoms with van der Waals surface area (Å²) in [5, 5.41) is 3.43. The fraction of sp³-hybridized carbons (Fsp3) is 0.500. The van der Waals surface area contributed by atoms with Crippen LogP contribution < -0.4 is 10.0 Å². The van der Waals surface area contributed by atoms with E-state index in [1.165, 1.54) is 19.1 Å². The minimum absolute atomic E-state index is 0.309. The van der Waals surface area contributed by atoms with Gasteiger partial charge in [0.25, 0.3) is 5.92 Å². The number of nitrogens with zero attached hydrogens (tertiary/aromatic N) is 4. The lowest BCUT2D eigenvalue weighted by atomic mass is 9.91. The van der Waals surface area contributed by atoms with Crippen molar-refractivity contribution in [2.45, 2.75) is 64.0 Å². The molecule has 2 heterocycles. The van der Waals surface area contributed by atoms with Crippen molar-refractivity contribution in [1.29, 1.82) is 0 Å². The summed E-state index contributed by atoms with van der Waals surface area (Å²) in [4.78, 5) is 15.9. The zero-order chi connectivity index (χ0) is 27.7. The van der Waals surface area contributed by atoms with Gasteiger partial charge in [-0.05, 0) is 70.5 Å². The highest BCUT2D eigenvalue weighted by atomic mass is 32.2. The number of alkyl halides is 2. The highest BCUT2D eigenvalue weighted by Crippen LogP contribution is 2.29. The molecule has 3 aromatic rings. The number of halogens is 3. The lowest BCUT2D eigenvalue weighted by molar-refractivity contribution is 0.0219. The van der Waals surface area contributed by atoms with E-state index < -0.39 is 39.6 Å². The Kier molecular flexibility index (Phi) is 8.12. The largest absolute Gasteiger partial charge is 0.351 e. The van der Waals surface area contributed by atoms with Crippen LogP contribution in [-0.2, 0) is 10.0 Å². The molecular formula is C26H33F3N6O2S. The van der Waals surface area contributed by atoms with Crippen molar-refractivity contribution in [3.63, 3.8) is 0 Å². The molecule has 1 aromatic carbocycles. The molecule has 4 rings (SSSR count). The summed E-state index contributed by atoms with van der Waals surface area (Å²) >= 11 is 0. The van der Waals surface area contributed by atoms with Crippen LogP contribution in [0.1, 0.15) is 44.6 Å². The number of aromatic nitrogens is 3. The molecule has 1 aliphatic carbocycles. The van der Waals surface area contributed by atoms with Crippen LogP contribution >= 0.6 is 0 Å². The average molecular weight is 551 g/mol. The van der Waals surface area contributed by atoms with Crippen molar-refractivity contribution in [2.24, 2.45) is 0 Å². The molecule has 2 aromatic heterocycles. The average Bonchev–Trinajstić information content (AvgIpc) is 2.85. The van der Waals surface area contributed by atoms with Crippen LogP contribution in [0.2, 0.25) is 0 Å². The predicted octanol–water partition coefficient (Wildman–Crippen LogP) is 5.21. The molecule has 0 saturated heterocycles. The number of hydrogen-bond acceptors (Lipinski definition) is 7. The molecular weight excluding hydrogens is 517 g/mol. The number of rotatable bonds is 9. The normalized spacial score (nSPS) is 18.6. The second-order valence-electron chi connectivity index (χ2n) is 10.1. The van der Waals surface area contributed by atoms with Crippen molar-refractivity contribution in [1.82, 2.24) is 19.9 Å². The maximum absolute atomic E-state index is 14.8. The van der Waals surface area contributed by atoms with Gasteiger partial charge in [-0.15, -0.1) is 0 Å². The molecule has 0 radical (unpaired) electrons. The van der Waals surface area contributed by atoms with E-state index in [-0.39, 0.29) is 0 Å². The molecule has 2 N–H and O–H groups in total. The van der Waals surface area contributed by atoms with Gasteiger partial charge in [-0.2, -0.15) is 0 Å². The summed E-state index contributed by atoms with van der Waals surface area (Å²) in [5.41, 5.74) is 2.47. The van der Waals surface area contributed by atoms with Gasteiger partial charge >= 0.3 is 0 Å². The molecule has 206 valence electrons. The van der Waals surface area contributed by atoms with Crippen LogP contribution in [0.25, 0.3) is 22.3 Å². The molecule has 0 amide bonds. The number of sulfonamides is 1. The Labute approximate surface area is 221 Å². The smallest absolute Gasteiger partial charge is 0.263 e. The number of aryl methyl sites for hydroxylation is 1. The minimum atomic E-state index is -4.44. The Morgan fingerprint density at radius 2 is 1.82 bits per heavy atom. The van der Waals surface area contributed by atoms with E-state index in [0.29, 0.717) is 40.3 Å². The van der Waals surface area contributed by atoms with E-state index >= 15 is 0 Å². The van der Waals surface area contributed by atoms with E-state index in [2.05, 4.69) is 39.3 Å². The van der Waals surface area contributed by atoms with Crippen LogP contribution in [0.4, 0.5) is 24.8 Å². The Morgan fingerprint density at radius 3 is 2.45 bits per heavy atom. The summed E-state index contributed by atoms with van der Waals surface area (Å²) in [6.07, 6.45) is 5.30. The van der Waals surface area contributed by atoms with Crippen molar-refractivity contribution in [3.8, 4) is 11.3 Å². The van der Waals surface area contributed by atoms with E-state index in [4.69, 9.17) is 0 Å². The van der Waals surface area contributed by atoms with Crippen molar-refractivity contribution >= 4 is 32.7 Å². The first-order valence-electron chi connectivity index (χ1n) is 12.6. The van der Waals surface area contributed by atoms with Crippen molar-refractivity contribution in [3.05, 3.63) is 41.8 Å². The zero-order valence-electron chi connectivity index (χ0n) is 21.9. The van der Waals surface area contributed by atoms with Crippen molar-refractivity contribution in [2.75, 3.05) is 29.9 Å². The highest BCUT2D eigenvalue weighted by molar-refractivity contribution is 7.92. The second kappa shape index (κ2) is 11.0. The molecule has 0 bridgehead atoms. The summed E-state index contributed by atoms with van der Waals surface area (Å²) < 4.78 is 67.9. The van der Waals surface area contributed by atoms with Crippen LogP contribution in [0.3, 0.4) is 0 Å². The van der Waals surface area contributed by atoms with Crippen molar-refractivity contribution < 1.29 is 21.6 Å². The topological polar surface area (TPSA) is 100 Å². The van der Waals surface area contributed by atoms with Gasteiger partial charge in [0, 0.05) is 24.1 Å². The monoisotopic (exact) mass is 550 g/mol. The van der Waals surface area contributed by atoms with Gasteiger partial charge in [0.1, 0.15) is 17.1 Å².